The molecule has 2 aromatic heterocycles. The lowest BCUT2D eigenvalue weighted by Crippen LogP contribution is -2.31. The Morgan fingerprint density at radius 2 is 1.60 bits per heavy atom. The Hall–Kier alpha value is -5.17. The summed E-state index contributed by atoms with van der Waals surface area (Å²) in [5.41, 5.74) is 1.06. The molecule has 0 spiro atoms. The molecule has 1 aliphatic rings. The fourth-order valence-electron chi connectivity index (χ4n) is 4.65. The second kappa shape index (κ2) is 12.4. The smallest absolute Gasteiger partial charge is 0.300 e. The van der Waals surface area contributed by atoms with Gasteiger partial charge >= 0.3 is 0 Å². The summed E-state index contributed by atoms with van der Waals surface area (Å²) in [7, 11) is 4.33. The minimum absolute atomic E-state index is 0.0513. The Bertz CT molecular complexity index is 1720. The lowest BCUT2D eigenvalue weighted by Gasteiger charge is -2.25. The number of carboxylic acid groups (broad SMARTS) is 1. The summed E-state index contributed by atoms with van der Waals surface area (Å²) in [5.74, 6) is -2.52. The first-order valence-electron chi connectivity index (χ1n) is 12.7. The minimum atomic E-state index is -1.16. The minimum Gasteiger partial charge on any atom is -0.503 e. The zero-order valence-electron chi connectivity index (χ0n) is 24.1. The zero-order valence-corrected chi connectivity index (χ0v) is 24.9. The summed E-state index contributed by atoms with van der Waals surface area (Å²) >= 11 is 0.995. The van der Waals surface area contributed by atoms with E-state index in [2.05, 4.69) is 4.98 Å². The second-order valence-electron chi connectivity index (χ2n) is 9.26. The molecule has 1 unspecified atom stereocenters. The largest absolute Gasteiger partial charge is 0.503 e. The molecule has 0 radical (unpaired) electrons. The van der Waals surface area contributed by atoms with E-state index < -0.39 is 29.5 Å². The Labute approximate surface area is 249 Å². The third-order valence-corrected chi connectivity index (χ3v) is 7.67. The van der Waals surface area contributed by atoms with Gasteiger partial charge in [0, 0.05) is 19.2 Å². The Morgan fingerprint density at radius 3 is 2.12 bits per heavy atom. The number of aryl methyl sites for hydroxylation is 1. The van der Waals surface area contributed by atoms with Gasteiger partial charge in [-0.3, -0.25) is 24.1 Å². The van der Waals surface area contributed by atoms with Gasteiger partial charge in [0.05, 0.1) is 43.5 Å². The SMILES string of the molecule is CC(=O)O.COc1cc(C2C(C(=O)c3cc4ccccc4o3)=C(O)C(=O)N2c2nc(C)c(C(C)=O)s2)cc(OC)c1OC. The van der Waals surface area contributed by atoms with Crippen LogP contribution in [0.4, 0.5) is 5.13 Å². The molecule has 2 aromatic carbocycles. The normalized spacial score (nSPS) is 14.4. The van der Waals surface area contributed by atoms with E-state index in [1.165, 1.54) is 33.2 Å². The van der Waals surface area contributed by atoms with Crippen LogP contribution in [0.3, 0.4) is 0 Å². The first-order valence-corrected chi connectivity index (χ1v) is 13.5. The first kappa shape index (κ1) is 30.8. The van der Waals surface area contributed by atoms with E-state index in [9.17, 15) is 19.5 Å². The number of ketones is 2. The number of aliphatic hydroxyl groups excluding tert-OH is 1. The number of aliphatic hydroxyl groups is 1. The van der Waals surface area contributed by atoms with Crippen LogP contribution in [0, 0.1) is 6.92 Å². The van der Waals surface area contributed by atoms with Crippen LogP contribution in [-0.2, 0) is 9.59 Å². The van der Waals surface area contributed by atoms with Gasteiger partial charge in [-0.15, -0.1) is 0 Å². The fraction of sp³-hybridized carbons (Fsp3) is 0.233. The van der Waals surface area contributed by atoms with Crippen LogP contribution in [0.5, 0.6) is 17.2 Å². The average molecular weight is 609 g/mol. The molecule has 13 heteroatoms. The molecule has 0 saturated heterocycles. The molecule has 43 heavy (non-hydrogen) atoms. The van der Waals surface area contributed by atoms with Gasteiger partial charge in [0.1, 0.15) is 5.58 Å². The summed E-state index contributed by atoms with van der Waals surface area (Å²) < 4.78 is 22.2. The summed E-state index contributed by atoms with van der Waals surface area (Å²) in [6.45, 7) is 4.14. The van der Waals surface area contributed by atoms with Crippen molar-refractivity contribution in [1.82, 2.24) is 4.98 Å². The van der Waals surface area contributed by atoms with Crippen LogP contribution in [0.25, 0.3) is 11.0 Å². The standard InChI is InChI=1S/C28H24N2O8S.C2H4O2/c1-13-26(14(2)31)39-28(29-13)30-22(16-11-19(35-3)25(37-5)20(12-16)36-4)21(24(33)27(30)34)23(32)18-10-15-8-6-7-9-17(15)38-18;1-2(3)4/h6-12,22,33H,1-5H3;1H3,(H,3,4). The molecule has 0 aliphatic carbocycles. The first-order chi connectivity index (χ1) is 20.4. The number of ether oxygens (including phenoxy) is 3. The van der Waals surface area contributed by atoms with Gasteiger partial charge in [0.25, 0.3) is 11.9 Å². The number of amides is 1. The van der Waals surface area contributed by atoms with Gasteiger partial charge < -0.3 is 28.8 Å². The highest BCUT2D eigenvalue weighted by Crippen LogP contribution is 2.48. The van der Waals surface area contributed by atoms with Crippen molar-refractivity contribution in [3.05, 3.63) is 75.7 Å². The number of hydrogen-bond acceptors (Lipinski definition) is 11. The molecule has 3 heterocycles. The number of benzene rings is 2. The summed E-state index contributed by atoms with van der Waals surface area (Å²) in [6, 6.07) is 10.6. The third kappa shape index (κ3) is 5.79. The molecule has 224 valence electrons. The van der Waals surface area contributed by atoms with Crippen molar-refractivity contribution in [3.8, 4) is 17.2 Å². The number of carbonyl (C=O) groups excluding carboxylic acids is 3. The molecule has 1 aliphatic heterocycles. The van der Waals surface area contributed by atoms with E-state index in [1.807, 2.05) is 0 Å². The molecular weight excluding hydrogens is 580 g/mol. The number of carboxylic acids is 1. The maximum absolute atomic E-state index is 13.9. The van der Waals surface area contributed by atoms with Gasteiger partial charge in [-0.2, -0.15) is 0 Å². The van der Waals surface area contributed by atoms with Crippen LogP contribution in [0.15, 0.2) is 58.2 Å². The molecule has 1 atom stereocenters. The van der Waals surface area contributed by atoms with Gasteiger partial charge in [0.2, 0.25) is 11.5 Å². The van der Waals surface area contributed by atoms with E-state index in [0.717, 1.165) is 18.3 Å². The molecule has 0 bridgehead atoms. The van der Waals surface area contributed by atoms with Gasteiger partial charge in [-0.25, -0.2) is 4.98 Å². The van der Waals surface area contributed by atoms with E-state index in [-0.39, 0.29) is 33.7 Å². The molecule has 2 N–H and O–H groups in total. The lowest BCUT2D eigenvalue weighted by atomic mass is 9.94. The molecule has 0 fully saturated rings. The van der Waals surface area contributed by atoms with Crippen LogP contribution < -0.4 is 19.1 Å². The maximum Gasteiger partial charge on any atom is 0.300 e. The summed E-state index contributed by atoms with van der Waals surface area (Å²) in [5, 5.41) is 19.4. The quantitative estimate of drug-likeness (QED) is 0.249. The monoisotopic (exact) mass is 608 g/mol. The van der Waals surface area contributed by atoms with Crippen molar-refractivity contribution in [2.45, 2.75) is 26.8 Å². The highest BCUT2D eigenvalue weighted by Gasteiger charge is 2.47. The van der Waals surface area contributed by atoms with Gasteiger partial charge in [0.15, 0.2) is 33.9 Å². The number of Topliss-reactive ketones (excluding diaryl/α,β-unsaturated/α-hetero) is 2. The molecule has 1 amide bonds. The summed E-state index contributed by atoms with van der Waals surface area (Å²) in [4.78, 5) is 54.6. The Balaban J connectivity index is 0.000000996. The van der Waals surface area contributed by atoms with E-state index >= 15 is 0 Å². The highest BCUT2D eigenvalue weighted by atomic mass is 32.1. The number of hydrogen-bond donors (Lipinski definition) is 2. The van der Waals surface area contributed by atoms with Gasteiger partial charge in [-0.05, 0) is 36.8 Å². The van der Waals surface area contributed by atoms with E-state index in [1.54, 1.807) is 49.4 Å². The number of rotatable bonds is 8. The number of anilines is 1. The molecule has 12 nitrogen and oxygen atoms in total. The predicted molar refractivity (Wildman–Crippen MR) is 157 cm³/mol. The number of para-hydroxylation sites is 1. The van der Waals surface area contributed by atoms with Crippen molar-refractivity contribution < 1.29 is 48.0 Å². The van der Waals surface area contributed by atoms with Gasteiger partial charge in [-0.1, -0.05) is 29.5 Å². The number of carbonyl (C=O) groups is 4. The predicted octanol–water partition coefficient (Wildman–Crippen LogP) is 5.30. The maximum atomic E-state index is 13.9. The number of fused-ring (bicyclic) bond motifs is 1. The number of aliphatic carboxylic acids is 1. The number of methoxy groups -OCH3 is 3. The zero-order chi connectivity index (χ0) is 31.6. The van der Waals surface area contributed by atoms with Crippen LogP contribution in [-0.4, -0.2) is 60.0 Å². The number of nitrogens with zero attached hydrogens (tertiary/aromatic N) is 2. The van der Waals surface area contributed by atoms with Crippen LogP contribution >= 0.6 is 11.3 Å². The molecule has 4 aromatic rings. The Kier molecular flexibility index (Phi) is 8.85. The number of aromatic nitrogens is 1. The number of thiazole rings is 1. The van der Waals surface area contributed by atoms with Crippen molar-refractivity contribution in [3.63, 3.8) is 0 Å². The Morgan fingerprint density at radius 1 is 1.00 bits per heavy atom. The van der Waals surface area contributed by atoms with E-state index in [4.69, 9.17) is 28.5 Å². The summed E-state index contributed by atoms with van der Waals surface area (Å²) in [6.07, 6.45) is 0. The van der Waals surface area contributed by atoms with Crippen molar-refractivity contribution in [1.29, 1.82) is 0 Å². The van der Waals surface area contributed by atoms with Crippen molar-refractivity contribution >= 4 is 50.9 Å². The number of furan rings is 1. The third-order valence-electron chi connectivity index (χ3n) is 6.42. The van der Waals surface area contributed by atoms with E-state index in [0.29, 0.717) is 32.9 Å². The lowest BCUT2D eigenvalue weighted by molar-refractivity contribution is -0.134. The topological polar surface area (TPSA) is 166 Å². The molecule has 0 saturated carbocycles. The second-order valence-corrected chi connectivity index (χ2v) is 10.2. The molecular formula is C30H28N2O10S. The van der Waals surface area contributed by atoms with Crippen LogP contribution in [0.2, 0.25) is 0 Å². The fourth-order valence-corrected chi connectivity index (χ4v) is 5.64. The average Bonchev–Trinajstić information content (AvgIpc) is 3.65. The molecule has 5 rings (SSSR count). The van der Waals surface area contributed by atoms with Crippen molar-refractivity contribution in [2.24, 2.45) is 0 Å². The highest BCUT2D eigenvalue weighted by molar-refractivity contribution is 7.17. The van der Waals surface area contributed by atoms with Crippen molar-refractivity contribution in [2.75, 3.05) is 26.2 Å². The van der Waals surface area contributed by atoms with Crippen LogP contribution in [0.1, 0.15) is 51.4 Å².